The van der Waals surface area contributed by atoms with Gasteiger partial charge in [0.2, 0.25) is 0 Å². The van der Waals surface area contributed by atoms with Crippen molar-refractivity contribution in [2.75, 3.05) is 26.2 Å². The lowest BCUT2D eigenvalue weighted by molar-refractivity contribution is -0.144. The predicted octanol–water partition coefficient (Wildman–Crippen LogP) is 2.09. The van der Waals surface area contributed by atoms with E-state index in [2.05, 4.69) is 4.98 Å². The van der Waals surface area contributed by atoms with Gasteiger partial charge in [0, 0.05) is 37.6 Å². The van der Waals surface area contributed by atoms with Crippen molar-refractivity contribution in [3.63, 3.8) is 0 Å². The molecule has 6 heteroatoms. The number of carbonyl (C=O) groups excluding carboxylic acids is 2. The summed E-state index contributed by atoms with van der Waals surface area (Å²) < 4.78 is 4.95. The van der Waals surface area contributed by atoms with Crippen LogP contribution in [0, 0.1) is 0 Å². The molecule has 0 saturated carbocycles. The van der Waals surface area contributed by atoms with Gasteiger partial charge in [-0.1, -0.05) is 6.07 Å². The average Bonchev–Trinajstić information content (AvgIpc) is 2.90. The van der Waals surface area contributed by atoms with Crippen molar-refractivity contribution in [3.8, 4) is 0 Å². The normalized spacial score (nSPS) is 15.8. The van der Waals surface area contributed by atoms with Crippen molar-refractivity contribution in [2.45, 2.75) is 39.2 Å². The number of urea groups is 1. The highest BCUT2D eigenvalue weighted by Gasteiger charge is 2.32. The molecule has 1 aromatic rings. The minimum absolute atomic E-state index is 0.0165. The van der Waals surface area contributed by atoms with Crippen LogP contribution in [0.3, 0.4) is 0 Å². The van der Waals surface area contributed by atoms with E-state index in [9.17, 15) is 9.59 Å². The third kappa shape index (κ3) is 4.94. The van der Waals surface area contributed by atoms with Crippen LogP contribution in [0.5, 0.6) is 0 Å². The smallest absolute Gasteiger partial charge is 0.320 e. The van der Waals surface area contributed by atoms with Gasteiger partial charge in [-0.05, 0) is 38.8 Å². The van der Waals surface area contributed by atoms with E-state index < -0.39 is 0 Å². The summed E-state index contributed by atoms with van der Waals surface area (Å²) in [6, 6.07) is 5.77. The topological polar surface area (TPSA) is 62.7 Å². The van der Waals surface area contributed by atoms with Gasteiger partial charge in [0.25, 0.3) is 0 Å². The molecule has 1 aliphatic heterocycles. The molecular weight excluding hydrogens is 294 g/mol. The molecule has 1 saturated heterocycles. The molecule has 2 rings (SSSR count). The van der Waals surface area contributed by atoms with Gasteiger partial charge in [-0.25, -0.2) is 4.79 Å². The molecule has 2 heterocycles. The van der Waals surface area contributed by atoms with Crippen LogP contribution in [0.25, 0.3) is 0 Å². The van der Waals surface area contributed by atoms with Crippen molar-refractivity contribution < 1.29 is 14.3 Å². The summed E-state index contributed by atoms with van der Waals surface area (Å²) >= 11 is 0. The zero-order chi connectivity index (χ0) is 16.7. The summed E-state index contributed by atoms with van der Waals surface area (Å²) in [5.41, 5.74) is 1.05. The Balaban J connectivity index is 1.76. The van der Waals surface area contributed by atoms with E-state index in [1.165, 1.54) is 0 Å². The number of pyridine rings is 1. The summed E-state index contributed by atoms with van der Waals surface area (Å²) in [7, 11) is 0. The number of aromatic nitrogens is 1. The minimum Gasteiger partial charge on any atom is -0.466 e. The molecule has 0 aromatic carbocycles. The third-order valence-corrected chi connectivity index (χ3v) is 4.01. The summed E-state index contributed by atoms with van der Waals surface area (Å²) in [5.74, 6) is -0.249. The van der Waals surface area contributed by atoms with Crippen molar-refractivity contribution in [3.05, 3.63) is 30.1 Å². The van der Waals surface area contributed by atoms with Gasteiger partial charge in [-0.3, -0.25) is 9.78 Å². The summed E-state index contributed by atoms with van der Waals surface area (Å²) in [6.07, 6.45) is 3.79. The molecule has 126 valence electrons. The predicted molar refractivity (Wildman–Crippen MR) is 86.9 cm³/mol. The molecule has 0 N–H and O–H groups in total. The molecule has 1 fully saturated rings. The second-order valence-electron chi connectivity index (χ2n) is 5.75. The average molecular weight is 319 g/mol. The van der Waals surface area contributed by atoms with Crippen molar-refractivity contribution >= 4 is 12.0 Å². The molecule has 1 atom stereocenters. The van der Waals surface area contributed by atoms with Crippen LogP contribution in [0.2, 0.25) is 0 Å². The molecule has 1 aromatic heterocycles. The zero-order valence-corrected chi connectivity index (χ0v) is 13.9. The van der Waals surface area contributed by atoms with Gasteiger partial charge in [-0.2, -0.15) is 0 Å². The second kappa shape index (κ2) is 8.50. The number of carbonyl (C=O) groups is 2. The van der Waals surface area contributed by atoms with Gasteiger partial charge < -0.3 is 14.5 Å². The van der Waals surface area contributed by atoms with Crippen LogP contribution in [0.1, 0.15) is 32.4 Å². The summed E-state index contributed by atoms with van der Waals surface area (Å²) in [5, 5.41) is 0. The molecule has 0 bridgehead atoms. The Morgan fingerprint density at radius 1 is 1.39 bits per heavy atom. The molecule has 0 unspecified atom stereocenters. The monoisotopic (exact) mass is 319 g/mol. The Kier molecular flexibility index (Phi) is 6.38. The van der Waals surface area contributed by atoms with E-state index in [1.54, 1.807) is 18.0 Å². The lowest BCUT2D eigenvalue weighted by Gasteiger charge is -2.24. The first kappa shape index (κ1) is 17.2. The quantitative estimate of drug-likeness (QED) is 0.688. The second-order valence-corrected chi connectivity index (χ2v) is 5.75. The fraction of sp³-hybridized carbons (Fsp3) is 0.588. The fourth-order valence-corrected chi connectivity index (χ4v) is 2.79. The van der Waals surface area contributed by atoms with E-state index in [-0.39, 0.29) is 24.5 Å². The number of hydrogen-bond acceptors (Lipinski definition) is 4. The number of ether oxygens (including phenoxy) is 1. The molecule has 0 spiro atoms. The van der Waals surface area contributed by atoms with Gasteiger partial charge in [0.1, 0.15) is 0 Å². The highest BCUT2D eigenvalue weighted by Crippen LogP contribution is 2.16. The Hall–Kier alpha value is -2.11. The van der Waals surface area contributed by atoms with E-state index in [0.717, 1.165) is 25.1 Å². The number of aryl methyl sites for hydroxylation is 1. The number of rotatable bonds is 8. The molecule has 6 nitrogen and oxygen atoms in total. The number of esters is 1. The summed E-state index contributed by atoms with van der Waals surface area (Å²) in [4.78, 5) is 31.9. The number of amides is 2. The Bertz CT molecular complexity index is 521. The van der Waals surface area contributed by atoms with Gasteiger partial charge in [0.15, 0.2) is 0 Å². The van der Waals surface area contributed by atoms with Gasteiger partial charge in [-0.15, -0.1) is 0 Å². The van der Waals surface area contributed by atoms with Gasteiger partial charge >= 0.3 is 12.0 Å². The Labute approximate surface area is 137 Å². The maximum Gasteiger partial charge on any atom is 0.320 e. The molecular formula is C17H25N3O3. The van der Waals surface area contributed by atoms with Crippen molar-refractivity contribution in [1.29, 1.82) is 0 Å². The largest absolute Gasteiger partial charge is 0.466 e. The van der Waals surface area contributed by atoms with E-state index in [1.807, 2.05) is 30.0 Å². The highest BCUT2D eigenvalue weighted by molar-refractivity contribution is 5.78. The van der Waals surface area contributed by atoms with Crippen LogP contribution < -0.4 is 0 Å². The molecule has 2 amide bonds. The van der Waals surface area contributed by atoms with Gasteiger partial charge in [0.05, 0.1) is 13.0 Å². The van der Waals surface area contributed by atoms with E-state index in [4.69, 9.17) is 4.74 Å². The van der Waals surface area contributed by atoms with Crippen LogP contribution in [0.4, 0.5) is 4.79 Å². The van der Waals surface area contributed by atoms with Crippen LogP contribution in [-0.2, 0) is 16.0 Å². The van der Waals surface area contributed by atoms with Crippen molar-refractivity contribution in [1.82, 2.24) is 14.8 Å². The molecule has 0 aliphatic carbocycles. The number of nitrogens with zero attached hydrogens (tertiary/aromatic N) is 3. The van der Waals surface area contributed by atoms with E-state index in [0.29, 0.717) is 19.7 Å². The lowest BCUT2D eigenvalue weighted by Crippen LogP contribution is -2.39. The molecule has 1 aliphatic rings. The Morgan fingerprint density at radius 3 is 2.91 bits per heavy atom. The molecule has 23 heavy (non-hydrogen) atoms. The van der Waals surface area contributed by atoms with Crippen molar-refractivity contribution in [2.24, 2.45) is 0 Å². The Morgan fingerprint density at radius 2 is 2.22 bits per heavy atom. The first-order valence-corrected chi connectivity index (χ1v) is 8.23. The molecule has 0 radical (unpaired) electrons. The maximum atomic E-state index is 12.4. The first-order chi connectivity index (χ1) is 11.1. The zero-order valence-electron chi connectivity index (χ0n) is 13.9. The third-order valence-electron chi connectivity index (χ3n) is 4.01. The maximum absolute atomic E-state index is 12.4. The van der Waals surface area contributed by atoms with Crippen LogP contribution in [0.15, 0.2) is 24.4 Å². The lowest BCUT2D eigenvalue weighted by atomic mass is 10.2. The highest BCUT2D eigenvalue weighted by atomic mass is 16.5. The minimum atomic E-state index is -0.249. The standard InChI is InChI=1S/C17H25N3O3/c1-3-23-16(21)13-14(2)20-12-11-19(17(20)22)10-6-8-15-7-4-5-9-18-15/h4-5,7,9,14H,3,6,8,10-13H2,1-2H3/t14-/m1/s1. The SMILES string of the molecule is CCOC(=O)C[C@@H](C)N1CCN(CCCc2ccccn2)C1=O. The van der Waals surface area contributed by atoms with E-state index >= 15 is 0 Å². The summed E-state index contributed by atoms with van der Waals surface area (Å²) in [6.45, 7) is 6.16. The van der Waals surface area contributed by atoms with Crippen LogP contribution >= 0.6 is 0 Å². The fourth-order valence-electron chi connectivity index (χ4n) is 2.79. The first-order valence-electron chi connectivity index (χ1n) is 8.23. The van der Waals surface area contributed by atoms with Crippen LogP contribution in [-0.4, -0.2) is 59.1 Å². The number of hydrogen-bond donors (Lipinski definition) is 0.